The Bertz CT molecular complexity index is 619. The lowest BCUT2D eigenvalue weighted by atomic mass is 10.1. The minimum Gasteiger partial charge on any atom is -0.370 e. The van der Waals surface area contributed by atoms with Crippen LogP contribution in [0.2, 0.25) is 0 Å². The van der Waals surface area contributed by atoms with Crippen molar-refractivity contribution in [1.29, 1.82) is 0 Å². The Hall–Kier alpha value is -2.37. The molecule has 116 valence electrons. The minimum atomic E-state index is -0.357. The Kier molecular flexibility index (Phi) is 4.37. The molecule has 0 unspecified atom stereocenters. The molecule has 0 bridgehead atoms. The normalized spacial score (nSPS) is 16.3. The van der Waals surface area contributed by atoms with Crippen molar-refractivity contribution in [2.24, 2.45) is 0 Å². The van der Waals surface area contributed by atoms with Crippen molar-refractivity contribution in [1.82, 2.24) is 14.8 Å². The second-order valence-corrected chi connectivity index (χ2v) is 5.59. The van der Waals surface area contributed by atoms with Crippen LogP contribution in [0.3, 0.4) is 0 Å². The molecule has 1 amide bonds. The highest BCUT2D eigenvalue weighted by Crippen LogP contribution is 2.27. The summed E-state index contributed by atoms with van der Waals surface area (Å²) in [6, 6.07) is 3.43. The van der Waals surface area contributed by atoms with Gasteiger partial charge in [-0.3, -0.25) is 14.5 Å². The van der Waals surface area contributed by atoms with Gasteiger partial charge in [0, 0.05) is 31.7 Å². The second-order valence-electron chi connectivity index (χ2n) is 5.59. The Balaban J connectivity index is 1.76. The number of nitrogens with one attached hydrogen (secondary N) is 1. The molecule has 0 spiro atoms. The van der Waals surface area contributed by atoms with Crippen LogP contribution in [0.25, 0.3) is 0 Å². The first-order valence-corrected chi connectivity index (χ1v) is 7.74. The molecular formula is C16H21N5O. The summed E-state index contributed by atoms with van der Waals surface area (Å²) in [5, 5.41) is 7.11. The second kappa shape index (κ2) is 6.60. The van der Waals surface area contributed by atoms with Crippen LogP contribution in [-0.2, 0) is 4.79 Å². The van der Waals surface area contributed by atoms with E-state index in [1.54, 1.807) is 29.5 Å². The predicted molar refractivity (Wildman–Crippen MR) is 85.9 cm³/mol. The van der Waals surface area contributed by atoms with Gasteiger partial charge in [-0.05, 0) is 38.3 Å². The number of aromatic nitrogens is 3. The monoisotopic (exact) mass is 299 g/mol. The highest BCUT2D eigenvalue weighted by atomic mass is 16.2. The smallest absolute Gasteiger partial charge is 0.249 e. The molecule has 2 aromatic heterocycles. The number of piperidine rings is 1. The number of nitrogens with zero attached hydrogens (tertiary/aromatic N) is 4. The molecule has 6 heteroatoms. The topological polar surface area (TPSA) is 63.1 Å². The fourth-order valence-electron chi connectivity index (χ4n) is 2.76. The molecule has 3 heterocycles. The summed E-state index contributed by atoms with van der Waals surface area (Å²) in [5.74, 6) is -0.0880. The molecule has 6 nitrogen and oxygen atoms in total. The lowest BCUT2D eigenvalue weighted by Crippen LogP contribution is -2.31. The summed E-state index contributed by atoms with van der Waals surface area (Å²) in [7, 11) is 0. The number of hydrogen-bond acceptors (Lipinski definition) is 4. The summed E-state index contributed by atoms with van der Waals surface area (Å²) in [4.78, 5) is 18.9. The zero-order chi connectivity index (χ0) is 15.4. The molecule has 0 aliphatic carbocycles. The molecule has 0 aromatic carbocycles. The van der Waals surface area contributed by atoms with Crippen LogP contribution in [0.1, 0.15) is 32.2 Å². The largest absolute Gasteiger partial charge is 0.370 e. The van der Waals surface area contributed by atoms with Gasteiger partial charge in [0.15, 0.2) is 0 Å². The molecule has 1 aliphatic rings. The molecule has 1 atom stereocenters. The Morgan fingerprint density at radius 1 is 1.27 bits per heavy atom. The first kappa shape index (κ1) is 14.6. The van der Waals surface area contributed by atoms with E-state index < -0.39 is 0 Å². The maximum Gasteiger partial charge on any atom is 0.249 e. The SMILES string of the molecule is C[C@H](C(=O)Nc1cnccc1N1CCCCC1)n1cccn1. The maximum atomic E-state index is 12.4. The van der Waals surface area contributed by atoms with Crippen molar-refractivity contribution in [2.45, 2.75) is 32.2 Å². The van der Waals surface area contributed by atoms with Crippen molar-refractivity contribution in [3.63, 3.8) is 0 Å². The van der Waals surface area contributed by atoms with Gasteiger partial charge >= 0.3 is 0 Å². The number of carbonyl (C=O) groups is 1. The fraction of sp³-hybridized carbons (Fsp3) is 0.438. The van der Waals surface area contributed by atoms with Crippen molar-refractivity contribution in [2.75, 3.05) is 23.3 Å². The first-order valence-electron chi connectivity index (χ1n) is 7.74. The Labute approximate surface area is 130 Å². The van der Waals surface area contributed by atoms with Crippen molar-refractivity contribution in [3.05, 3.63) is 36.9 Å². The Morgan fingerprint density at radius 2 is 2.09 bits per heavy atom. The zero-order valence-electron chi connectivity index (χ0n) is 12.8. The van der Waals surface area contributed by atoms with Crippen LogP contribution in [0, 0.1) is 0 Å². The van der Waals surface area contributed by atoms with Crippen LogP contribution < -0.4 is 10.2 Å². The highest BCUT2D eigenvalue weighted by Gasteiger charge is 2.19. The van der Waals surface area contributed by atoms with E-state index in [9.17, 15) is 4.79 Å². The van der Waals surface area contributed by atoms with Crippen LogP contribution in [0.5, 0.6) is 0 Å². The Morgan fingerprint density at radius 3 is 2.82 bits per heavy atom. The predicted octanol–water partition coefficient (Wildman–Crippen LogP) is 2.47. The number of hydrogen-bond donors (Lipinski definition) is 1. The van der Waals surface area contributed by atoms with Crippen molar-refractivity contribution >= 4 is 17.3 Å². The minimum absolute atomic E-state index is 0.0880. The molecule has 1 aliphatic heterocycles. The van der Waals surface area contributed by atoms with Gasteiger partial charge in [-0.25, -0.2) is 0 Å². The molecule has 2 aromatic rings. The quantitative estimate of drug-likeness (QED) is 0.942. The number of anilines is 2. The maximum absolute atomic E-state index is 12.4. The molecule has 3 rings (SSSR count). The van der Waals surface area contributed by atoms with Gasteiger partial charge in [0.05, 0.1) is 17.6 Å². The van der Waals surface area contributed by atoms with E-state index in [-0.39, 0.29) is 11.9 Å². The van der Waals surface area contributed by atoms with Gasteiger partial charge in [-0.2, -0.15) is 5.10 Å². The van der Waals surface area contributed by atoms with Crippen LogP contribution in [0.4, 0.5) is 11.4 Å². The van der Waals surface area contributed by atoms with Crippen molar-refractivity contribution in [3.8, 4) is 0 Å². The van der Waals surface area contributed by atoms with Crippen LogP contribution >= 0.6 is 0 Å². The average molecular weight is 299 g/mol. The van der Waals surface area contributed by atoms with Gasteiger partial charge in [-0.15, -0.1) is 0 Å². The third-order valence-electron chi connectivity index (χ3n) is 4.05. The average Bonchev–Trinajstić information content (AvgIpc) is 3.10. The molecule has 0 radical (unpaired) electrons. The molecule has 1 saturated heterocycles. The summed E-state index contributed by atoms with van der Waals surface area (Å²) >= 11 is 0. The first-order chi connectivity index (χ1) is 10.8. The van der Waals surface area contributed by atoms with Crippen LogP contribution in [0.15, 0.2) is 36.9 Å². The van der Waals surface area contributed by atoms with E-state index >= 15 is 0 Å². The number of amides is 1. The molecular weight excluding hydrogens is 278 g/mol. The number of carbonyl (C=O) groups excluding carboxylic acids is 1. The molecule has 22 heavy (non-hydrogen) atoms. The number of rotatable bonds is 4. The number of pyridine rings is 1. The lowest BCUT2D eigenvalue weighted by Gasteiger charge is -2.30. The van der Waals surface area contributed by atoms with Gasteiger partial charge in [-0.1, -0.05) is 0 Å². The lowest BCUT2D eigenvalue weighted by molar-refractivity contribution is -0.119. The standard InChI is InChI=1S/C16H21N5O/c1-13(21-11-5-7-18-21)16(22)19-14-12-17-8-6-15(14)20-9-3-2-4-10-20/h5-8,11-13H,2-4,9-10H2,1H3,(H,19,22)/t13-/m1/s1. The highest BCUT2D eigenvalue weighted by molar-refractivity contribution is 5.96. The molecule has 1 N–H and O–H groups in total. The van der Waals surface area contributed by atoms with E-state index in [0.717, 1.165) is 24.5 Å². The van der Waals surface area contributed by atoms with E-state index in [1.807, 2.05) is 19.1 Å². The third kappa shape index (κ3) is 3.10. The van der Waals surface area contributed by atoms with Gasteiger partial charge in [0.25, 0.3) is 0 Å². The van der Waals surface area contributed by atoms with Crippen molar-refractivity contribution < 1.29 is 4.79 Å². The van der Waals surface area contributed by atoms with E-state index in [0.29, 0.717) is 0 Å². The van der Waals surface area contributed by atoms with Crippen LogP contribution in [-0.4, -0.2) is 33.8 Å². The third-order valence-corrected chi connectivity index (χ3v) is 4.05. The summed E-state index contributed by atoms with van der Waals surface area (Å²) in [6.45, 7) is 3.89. The van der Waals surface area contributed by atoms with E-state index in [2.05, 4.69) is 20.3 Å². The summed E-state index contributed by atoms with van der Waals surface area (Å²) in [6.07, 6.45) is 10.6. The molecule has 0 saturated carbocycles. The zero-order valence-corrected chi connectivity index (χ0v) is 12.8. The van der Waals surface area contributed by atoms with E-state index in [4.69, 9.17) is 0 Å². The van der Waals surface area contributed by atoms with Gasteiger partial charge in [0.1, 0.15) is 6.04 Å². The molecule has 1 fully saturated rings. The van der Waals surface area contributed by atoms with Gasteiger partial charge in [0.2, 0.25) is 5.91 Å². The summed E-state index contributed by atoms with van der Waals surface area (Å²) in [5.41, 5.74) is 1.82. The van der Waals surface area contributed by atoms with Gasteiger partial charge < -0.3 is 10.2 Å². The fourth-order valence-corrected chi connectivity index (χ4v) is 2.76. The van der Waals surface area contributed by atoms with E-state index in [1.165, 1.54) is 19.3 Å². The summed E-state index contributed by atoms with van der Waals surface area (Å²) < 4.78 is 1.65.